The monoisotopic (exact) mass is 281 g/mol. The summed E-state index contributed by atoms with van der Waals surface area (Å²) < 4.78 is 0. The van der Waals surface area contributed by atoms with Gasteiger partial charge in [-0.2, -0.15) is 0 Å². The molecule has 5 heteroatoms. The molecule has 4 nitrogen and oxygen atoms in total. The Hall–Kier alpha value is -0.940. The number of aromatic nitrogens is 1. The van der Waals surface area contributed by atoms with Crippen molar-refractivity contribution in [2.45, 2.75) is 58.0 Å². The van der Waals surface area contributed by atoms with Crippen molar-refractivity contribution in [3.05, 3.63) is 16.1 Å². The molecule has 0 bridgehead atoms. The Balaban J connectivity index is 1.85. The van der Waals surface area contributed by atoms with Crippen LogP contribution >= 0.6 is 11.3 Å². The number of hydrogen-bond acceptors (Lipinski definition) is 4. The number of nitrogens with zero attached hydrogens (tertiary/aromatic N) is 1. The molecule has 1 aliphatic carbocycles. The Morgan fingerprint density at radius 2 is 2.26 bits per heavy atom. The minimum absolute atomic E-state index is 0.0665. The summed E-state index contributed by atoms with van der Waals surface area (Å²) in [6.07, 6.45) is 2.69. The summed E-state index contributed by atoms with van der Waals surface area (Å²) in [6.45, 7) is 6.96. The zero-order valence-corrected chi connectivity index (χ0v) is 12.7. The number of carbonyl (C=O) groups excluding carboxylic acids is 1. The van der Waals surface area contributed by atoms with Crippen LogP contribution in [0.3, 0.4) is 0 Å². The Morgan fingerprint density at radius 3 is 2.79 bits per heavy atom. The first-order valence-corrected chi connectivity index (χ1v) is 7.72. The van der Waals surface area contributed by atoms with Crippen LogP contribution < -0.4 is 11.1 Å². The van der Waals surface area contributed by atoms with Crippen molar-refractivity contribution in [1.29, 1.82) is 0 Å². The van der Waals surface area contributed by atoms with Gasteiger partial charge in [0.25, 0.3) is 0 Å². The number of rotatable bonds is 3. The quantitative estimate of drug-likeness (QED) is 0.892. The third kappa shape index (κ3) is 3.76. The van der Waals surface area contributed by atoms with E-state index >= 15 is 0 Å². The molecule has 1 aliphatic rings. The van der Waals surface area contributed by atoms with Crippen LogP contribution in [0.4, 0.5) is 0 Å². The number of nitrogens with one attached hydrogen (secondary N) is 1. The highest BCUT2D eigenvalue weighted by atomic mass is 32.1. The molecule has 0 aliphatic heterocycles. The lowest BCUT2D eigenvalue weighted by molar-refractivity contribution is -0.125. The first-order chi connectivity index (χ1) is 8.86. The largest absolute Gasteiger partial charge is 0.349 e. The average Bonchev–Trinajstić information content (AvgIpc) is 2.93. The molecule has 0 spiro atoms. The molecular formula is C14H23N3OS. The van der Waals surface area contributed by atoms with Crippen LogP contribution in [0.1, 0.15) is 50.7 Å². The summed E-state index contributed by atoms with van der Waals surface area (Å²) in [4.78, 5) is 16.6. The van der Waals surface area contributed by atoms with Crippen LogP contribution in [0.15, 0.2) is 5.38 Å². The molecule has 1 saturated carbocycles. The first kappa shape index (κ1) is 14.5. The fourth-order valence-corrected chi connectivity index (χ4v) is 3.26. The Morgan fingerprint density at radius 1 is 1.53 bits per heavy atom. The van der Waals surface area contributed by atoms with E-state index in [1.54, 1.807) is 11.3 Å². The molecule has 1 fully saturated rings. The van der Waals surface area contributed by atoms with Crippen LogP contribution in [0.25, 0.3) is 0 Å². The smallest absolute Gasteiger partial charge is 0.223 e. The minimum Gasteiger partial charge on any atom is -0.349 e. The summed E-state index contributed by atoms with van der Waals surface area (Å²) in [5.41, 5.74) is 6.99. The van der Waals surface area contributed by atoms with Gasteiger partial charge in [-0.05, 0) is 19.3 Å². The third-order valence-electron chi connectivity index (χ3n) is 3.58. The van der Waals surface area contributed by atoms with Crippen LogP contribution in [-0.2, 0) is 16.8 Å². The highest BCUT2D eigenvalue weighted by Crippen LogP contribution is 2.25. The maximum atomic E-state index is 12.0. The molecule has 106 valence electrons. The summed E-state index contributed by atoms with van der Waals surface area (Å²) in [5, 5.41) is 6.03. The van der Waals surface area contributed by atoms with Crippen molar-refractivity contribution < 1.29 is 4.79 Å². The summed E-state index contributed by atoms with van der Waals surface area (Å²) in [6, 6.07) is 0.197. The normalized spacial score (nSPS) is 23.6. The molecule has 1 aromatic rings. The van der Waals surface area contributed by atoms with Gasteiger partial charge in [-0.1, -0.05) is 20.8 Å². The van der Waals surface area contributed by atoms with Crippen molar-refractivity contribution in [3.8, 4) is 0 Å². The van der Waals surface area contributed by atoms with E-state index in [1.807, 2.05) is 0 Å². The van der Waals surface area contributed by atoms with Gasteiger partial charge < -0.3 is 11.1 Å². The van der Waals surface area contributed by atoms with Gasteiger partial charge >= 0.3 is 0 Å². The average molecular weight is 281 g/mol. The minimum atomic E-state index is 0.0665. The number of nitrogens with two attached hydrogens (primary N) is 1. The van der Waals surface area contributed by atoms with E-state index in [4.69, 9.17) is 5.73 Å². The van der Waals surface area contributed by atoms with Gasteiger partial charge in [-0.25, -0.2) is 4.98 Å². The molecule has 1 amide bonds. The van der Waals surface area contributed by atoms with Gasteiger partial charge in [0, 0.05) is 22.8 Å². The molecule has 2 rings (SSSR count). The van der Waals surface area contributed by atoms with Crippen molar-refractivity contribution in [2.24, 2.45) is 11.7 Å². The van der Waals surface area contributed by atoms with E-state index in [0.29, 0.717) is 6.54 Å². The van der Waals surface area contributed by atoms with Crippen LogP contribution in [0, 0.1) is 5.92 Å². The van der Waals surface area contributed by atoms with E-state index in [0.717, 1.165) is 30.0 Å². The number of hydrogen-bond donors (Lipinski definition) is 2. The summed E-state index contributed by atoms with van der Waals surface area (Å²) in [5.74, 6) is 0.220. The molecule has 0 saturated heterocycles. The Kier molecular flexibility index (Phi) is 4.26. The fourth-order valence-electron chi connectivity index (χ4n) is 2.30. The van der Waals surface area contributed by atoms with E-state index in [9.17, 15) is 4.79 Å². The molecule has 19 heavy (non-hydrogen) atoms. The van der Waals surface area contributed by atoms with Crippen molar-refractivity contribution in [2.75, 3.05) is 0 Å². The second kappa shape index (κ2) is 5.59. The SMILES string of the molecule is CC(C)(C)c1csc(CNC(=O)C2CCC(N)C2)n1. The van der Waals surface area contributed by atoms with Gasteiger partial charge in [-0.3, -0.25) is 4.79 Å². The predicted molar refractivity (Wildman–Crippen MR) is 78.0 cm³/mol. The van der Waals surface area contributed by atoms with E-state index < -0.39 is 0 Å². The van der Waals surface area contributed by atoms with Gasteiger partial charge in [0.2, 0.25) is 5.91 Å². The number of thiazole rings is 1. The molecular weight excluding hydrogens is 258 g/mol. The molecule has 2 atom stereocenters. The van der Waals surface area contributed by atoms with Gasteiger partial charge in [0.1, 0.15) is 5.01 Å². The highest BCUT2D eigenvalue weighted by molar-refractivity contribution is 7.09. The number of amides is 1. The molecule has 3 N–H and O–H groups in total. The Labute approximate surface area is 118 Å². The first-order valence-electron chi connectivity index (χ1n) is 6.84. The zero-order valence-electron chi connectivity index (χ0n) is 11.9. The van der Waals surface area contributed by atoms with Gasteiger partial charge in [-0.15, -0.1) is 11.3 Å². The molecule has 1 heterocycles. The van der Waals surface area contributed by atoms with Crippen LogP contribution in [0.5, 0.6) is 0 Å². The van der Waals surface area contributed by atoms with E-state index in [2.05, 4.69) is 36.5 Å². The van der Waals surface area contributed by atoms with E-state index in [-0.39, 0.29) is 23.3 Å². The Bertz CT molecular complexity index is 450. The summed E-state index contributed by atoms with van der Waals surface area (Å²) in [7, 11) is 0. The topological polar surface area (TPSA) is 68.0 Å². The van der Waals surface area contributed by atoms with Crippen molar-refractivity contribution >= 4 is 17.2 Å². The maximum absolute atomic E-state index is 12.0. The fraction of sp³-hybridized carbons (Fsp3) is 0.714. The molecule has 0 radical (unpaired) electrons. The standard InChI is InChI=1S/C14H23N3OS/c1-14(2,3)11-8-19-12(17-11)7-16-13(18)9-4-5-10(15)6-9/h8-10H,4-7,15H2,1-3H3,(H,16,18). The van der Waals surface area contributed by atoms with Crippen LogP contribution in [0.2, 0.25) is 0 Å². The molecule has 0 aromatic carbocycles. The lowest BCUT2D eigenvalue weighted by Gasteiger charge is -2.14. The lowest BCUT2D eigenvalue weighted by Crippen LogP contribution is -2.30. The predicted octanol–water partition coefficient (Wildman–Crippen LogP) is 2.18. The lowest BCUT2D eigenvalue weighted by atomic mass is 9.93. The highest BCUT2D eigenvalue weighted by Gasteiger charge is 2.27. The number of carbonyl (C=O) groups is 1. The van der Waals surface area contributed by atoms with E-state index in [1.165, 1.54) is 0 Å². The maximum Gasteiger partial charge on any atom is 0.223 e. The van der Waals surface area contributed by atoms with Crippen molar-refractivity contribution in [3.63, 3.8) is 0 Å². The summed E-state index contributed by atoms with van der Waals surface area (Å²) >= 11 is 1.61. The van der Waals surface area contributed by atoms with Crippen molar-refractivity contribution in [1.82, 2.24) is 10.3 Å². The molecule has 1 aromatic heterocycles. The second-order valence-corrected chi connectivity index (χ2v) is 7.31. The third-order valence-corrected chi connectivity index (χ3v) is 4.43. The second-order valence-electron chi connectivity index (χ2n) is 6.36. The van der Waals surface area contributed by atoms with Crippen LogP contribution in [-0.4, -0.2) is 16.9 Å². The van der Waals surface area contributed by atoms with Gasteiger partial charge in [0.15, 0.2) is 0 Å². The molecule has 2 unspecified atom stereocenters. The zero-order chi connectivity index (χ0) is 14.0. The van der Waals surface area contributed by atoms with Gasteiger partial charge in [0.05, 0.1) is 12.2 Å².